The fourth-order valence-corrected chi connectivity index (χ4v) is 3.29. The number of nitrogens with zero attached hydrogens (tertiary/aromatic N) is 8. The van der Waals surface area contributed by atoms with Gasteiger partial charge in [0, 0.05) is 25.7 Å². The van der Waals surface area contributed by atoms with Crippen LogP contribution < -0.4 is 4.90 Å². The largest absolute Gasteiger partial charge is 0.351 e. The number of amides is 1. The molecule has 0 spiro atoms. The van der Waals surface area contributed by atoms with Crippen LogP contribution in [0.3, 0.4) is 0 Å². The molecule has 0 aliphatic carbocycles. The molecule has 0 atom stereocenters. The molecule has 1 N–H and O–H groups in total. The molecule has 10 nitrogen and oxygen atoms in total. The van der Waals surface area contributed by atoms with Crippen molar-refractivity contribution in [2.75, 3.05) is 25.0 Å². The highest BCUT2D eigenvalue weighted by Gasteiger charge is 2.34. The number of anilines is 1. The highest BCUT2D eigenvalue weighted by atomic mass is 19.1. The Labute approximate surface area is 164 Å². The summed E-state index contributed by atoms with van der Waals surface area (Å²) in [6.45, 7) is 1.27. The predicted molar refractivity (Wildman–Crippen MR) is 101 cm³/mol. The molecule has 146 valence electrons. The normalized spacial score (nSPS) is 14.2. The Kier molecular flexibility index (Phi) is 3.93. The predicted octanol–water partition coefficient (Wildman–Crippen LogP) is 1.01. The summed E-state index contributed by atoms with van der Waals surface area (Å²) in [5.74, 6) is 0.671. The molecule has 1 saturated heterocycles. The third kappa shape index (κ3) is 2.96. The zero-order valence-corrected chi connectivity index (χ0v) is 15.4. The van der Waals surface area contributed by atoms with E-state index < -0.39 is 0 Å². The smallest absolute Gasteiger partial charge is 0.276 e. The fourth-order valence-electron chi connectivity index (χ4n) is 3.29. The molecule has 0 bridgehead atoms. The van der Waals surface area contributed by atoms with Crippen molar-refractivity contribution in [2.24, 2.45) is 0 Å². The molecule has 5 rings (SSSR count). The summed E-state index contributed by atoms with van der Waals surface area (Å²) >= 11 is 0. The van der Waals surface area contributed by atoms with Crippen LogP contribution in [0.2, 0.25) is 0 Å². The molecule has 4 heterocycles. The highest BCUT2D eigenvalue weighted by molar-refractivity contribution is 5.92. The van der Waals surface area contributed by atoms with Crippen molar-refractivity contribution in [3.8, 4) is 11.4 Å². The van der Waals surface area contributed by atoms with Crippen molar-refractivity contribution >= 4 is 17.4 Å². The summed E-state index contributed by atoms with van der Waals surface area (Å²) in [5, 5.41) is 22.8. The number of aromatic amines is 1. The van der Waals surface area contributed by atoms with Crippen molar-refractivity contribution in [1.82, 2.24) is 40.1 Å². The number of aromatic nitrogens is 7. The lowest BCUT2D eigenvalue weighted by atomic mass is 10.1. The van der Waals surface area contributed by atoms with Gasteiger partial charge in [-0.15, -0.1) is 15.3 Å². The van der Waals surface area contributed by atoms with Gasteiger partial charge in [0.2, 0.25) is 0 Å². The van der Waals surface area contributed by atoms with Gasteiger partial charge < -0.3 is 9.80 Å². The quantitative estimate of drug-likeness (QED) is 0.551. The zero-order chi connectivity index (χ0) is 20.0. The van der Waals surface area contributed by atoms with Gasteiger partial charge >= 0.3 is 0 Å². The number of hydrogen-bond donors (Lipinski definition) is 1. The first-order chi connectivity index (χ1) is 14.1. The Morgan fingerprint density at radius 3 is 2.86 bits per heavy atom. The summed E-state index contributed by atoms with van der Waals surface area (Å²) in [7, 11) is 1.75. The second-order valence-electron chi connectivity index (χ2n) is 6.83. The van der Waals surface area contributed by atoms with E-state index in [0.29, 0.717) is 30.1 Å². The number of H-pyrrole nitrogens is 1. The molecule has 0 radical (unpaired) electrons. The number of carbonyl (C=O) groups excluding carboxylic acids is 1. The maximum Gasteiger partial charge on any atom is 0.276 e. The molecule has 1 aromatic carbocycles. The first kappa shape index (κ1) is 17.2. The van der Waals surface area contributed by atoms with E-state index >= 15 is 0 Å². The summed E-state index contributed by atoms with van der Waals surface area (Å²) in [5.41, 5.74) is 1.46. The molecule has 1 amide bonds. The van der Waals surface area contributed by atoms with Crippen LogP contribution in [0.5, 0.6) is 0 Å². The van der Waals surface area contributed by atoms with E-state index in [4.69, 9.17) is 0 Å². The third-order valence-electron chi connectivity index (χ3n) is 5.02. The molecule has 1 aliphatic heterocycles. The van der Waals surface area contributed by atoms with E-state index in [2.05, 4.69) is 30.7 Å². The summed E-state index contributed by atoms with van der Waals surface area (Å²) in [4.78, 5) is 16.1. The second-order valence-corrected chi connectivity index (χ2v) is 6.83. The number of fused-ring (bicyclic) bond motifs is 1. The number of halogens is 1. The van der Waals surface area contributed by atoms with Gasteiger partial charge in [0.15, 0.2) is 17.2 Å². The minimum atomic E-state index is -0.346. The number of benzene rings is 1. The molecule has 0 saturated carbocycles. The van der Waals surface area contributed by atoms with Crippen LogP contribution in [-0.4, -0.2) is 72.2 Å². The van der Waals surface area contributed by atoms with Gasteiger partial charge in [0.05, 0.1) is 12.2 Å². The number of hydrogen-bond acceptors (Lipinski definition) is 7. The van der Waals surface area contributed by atoms with Crippen LogP contribution in [0.4, 0.5) is 10.2 Å². The lowest BCUT2D eigenvalue weighted by Crippen LogP contribution is -2.60. The first-order valence-corrected chi connectivity index (χ1v) is 8.96. The van der Waals surface area contributed by atoms with Crippen LogP contribution in [0.15, 0.2) is 42.6 Å². The average Bonchev–Trinajstić information content (AvgIpc) is 3.36. The molecule has 1 aliphatic rings. The maximum absolute atomic E-state index is 13.6. The van der Waals surface area contributed by atoms with Gasteiger partial charge in [-0.1, -0.05) is 12.1 Å². The van der Waals surface area contributed by atoms with Crippen molar-refractivity contribution in [2.45, 2.75) is 6.04 Å². The standard InChI is InChI=1S/C18H16FN9O/c1-26(18(29)14-8-20-25-21-14)13-9-27(10-13)16-6-5-15-22-23-17(28(15)24-16)11-3-2-4-12(19)7-11/h2-8,13H,9-10H2,1H3,(H,20,21,25). The van der Waals surface area contributed by atoms with Gasteiger partial charge in [-0.2, -0.15) is 19.9 Å². The van der Waals surface area contributed by atoms with Crippen molar-refractivity contribution in [3.05, 3.63) is 54.1 Å². The zero-order valence-electron chi connectivity index (χ0n) is 15.4. The van der Waals surface area contributed by atoms with E-state index in [0.717, 1.165) is 5.82 Å². The monoisotopic (exact) mass is 393 g/mol. The fraction of sp³-hybridized carbons (Fsp3) is 0.222. The molecule has 11 heteroatoms. The highest BCUT2D eigenvalue weighted by Crippen LogP contribution is 2.24. The molecule has 3 aromatic heterocycles. The Bertz CT molecular complexity index is 1180. The Morgan fingerprint density at radius 1 is 1.24 bits per heavy atom. The van der Waals surface area contributed by atoms with Gasteiger partial charge in [-0.05, 0) is 24.3 Å². The maximum atomic E-state index is 13.6. The average molecular weight is 393 g/mol. The summed E-state index contributed by atoms with van der Waals surface area (Å²) in [6, 6.07) is 9.87. The molecular formula is C18H16FN9O. The SMILES string of the molecule is CN(C(=O)c1cn[nH]n1)C1CN(c2ccc3nnc(-c4cccc(F)c4)n3n2)C1. The topological polar surface area (TPSA) is 108 Å². The summed E-state index contributed by atoms with van der Waals surface area (Å²) < 4.78 is 15.2. The van der Waals surface area contributed by atoms with Gasteiger partial charge in [0.25, 0.3) is 5.91 Å². The Hall–Kier alpha value is -3.89. The second kappa shape index (κ2) is 6.62. The number of likely N-dealkylation sites (N-methyl/N-ethyl adjacent to an activating group) is 1. The number of rotatable bonds is 4. The Morgan fingerprint density at radius 2 is 2.10 bits per heavy atom. The third-order valence-corrected chi connectivity index (χ3v) is 5.02. The van der Waals surface area contributed by atoms with Crippen molar-refractivity contribution < 1.29 is 9.18 Å². The first-order valence-electron chi connectivity index (χ1n) is 8.96. The minimum Gasteiger partial charge on any atom is -0.351 e. The van der Waals surface area contributed by atoms with Gasteiger partial charge in [-0.3, -0.25) is 4.79 Å². The van der Waals surface area contributed by atoms with Crippen molar-refractivity contribution in [3.63, 3.8) is 0 Å². The molecule has 1 fully saturated rings. The number of carbonyl (C=O) groups is 1. The molecule has 29 heavy (non-hydrogen) atoms. The van der Waals surface area contributed by atoms with E-state index in [1.165, 1.54) is 18.3 Å². The van der Waals surface area contributed by atoms with E-state index in [9.17, 15) is 9.18 Å². The van der Waals surface area contributed by atoms with Crippen LogP contribution in [0.1, 0.15) is 10.5 Å². The van der Waals surface area contributed by atoms with Crippen LogP contribution in [0.25, 0.3) is 17.0 Å². The van der Waals surface area contributed by atoms with Gasteiger partial charge in [0.1, 0.15) is 11.6 Å². The van der Waals surface area contributed by atoms with E-state index in [1.54, 1.807) is 28.6 Å². The van der Waals surface area contributed by atoms with Crippen LogP contribution >= 0.6 is 0 Å². The minimum absolute atomic E-state index is 0.0419. The van der Waals surface area contributed by atoms with Crippen molar-refractivity contribution in [1.29, 1.82) is 0 Å². The van der Waals surface area contributed by atoms with E-state index in [1.807, 2.05) is 17.0 Å². The lowest BCUT2D eigenvalue weighted by molar-refractivity contribution is 0.0699. The van der Waals surface area contributed by atoms with Crippen LogP contribution in [0, 0.1) is 5.82 Å². The lowest BCUT2D eigenvalue weighted by Gasteiger charge is -2.44. The number of nitrogens with one attached hydrogen (secondary N) is 1. The van der Waals surface area contributed by atoms with E-state index in [-0.39, 0.29) is 23.5 Å². The van der Waals surface area contributed by atoms with Crippen LogP contribution in [-0.2, 0) is 0 Å². The molecular weight excluding hydrogens is 377 g/mol. The Balaban J connectivity index is 1.36. The molecule has 4 aromatic rings. The molecule has 0 unspecified atom stereocenters. The summed E-state index contributed by atoms with van der Waals surface area (Å²) in [6.07, 6.45) is 1.41. The van der Waals surface area contributed by atoms with Gasteiger partial charge in [-0.25, -0.2) is 4.39 Å².